The lowest BCUT2D eigenvalue weighted by atomic mass is 10.0. The normalized spacial score (nSPS) is 10.5. The zero-order valence-electron chi connectivity index (χ0n) is 13.2. The maximum atomic E-state index is 7.03. The second-order valence-corrected chi connectivity index (χ2v) is 5.56. The van der Waals surface area contributed by atoms with Crippen LogP contribution in [-0.2, 0) is 0 Å². The first-order valence-corrected chi connectivity index (χ1v) is 7.70. The van der Waals surface area contributed by atoms with Crippen molar-refractivity contribution in [1.82, 2.24) is 15.0 Å². The Morgan fingerprint density at radius 2 is 1.68 bits per heavy atom. The number of pyridine rings is 1. The topological polar surface area (TPSA) is 69.0 Å². The number of hydrogen-bond donors (Lipinski definition) is 1. The Bertz CT molecular complexity index is 1100. The van der Waals surface area contributed by atoms with E-state index in [2.05, 4.69) is 19.8 Å². The van der Waals surface area contributed by atoms with Gasteiger partial charge in [-0.2, -0.15) is 0 Å². The highest BCUT2D eigenvalue weighted by atomic mass is 14.9. The molecule has 0 saturated heterocycles. The first-order chi connectivity index (χ1) is 12.2. The van der Waals surface area contributed by atoms with E-state index in [0.29, 0.717) is 17.3 Å². The van der Waals surface area contributed by atoms with Crippen LogP contribution in [0.2, 0.25) is 0 Å². The third-order valence-electron chi connectivity index (χ3n) is 3.97. The van der Waals surface area contributed by atoms with Crippen molar-refractivity contribution >= 4 is 22.4 Å². The standard InChI is InChI=1S/C20H13N5/c1-22-16-7-4-13(5-8-16)14-6-9-18-17(11-14)19(21)25-20(24-18)15-3-2-10-23-12-15/h2-12H,(H2,21,24,25). The van der Waals surface area contributed by atoms with Gasteiger partial charge in [0.15, 0.2) is 11.5 Å². The Hall–Kier alpha value is -3.78. The van der Waals surface area contributed by atoms with Crippen LogP contribution in [0, 0.1) is 6.57 Å². The third kappa shape index (κ3) is 2.77. The number of hydrogen-bond acceptors (Lipinski definition) is 4. The summed E-state index contributed by atoms with van der Waals surface area (Å²) in [5.41, 5.74) is 10.4. The van der Waals surface area contributed by atoms with E-state index in [-0.39, 0.29) is 0 Å². The van der Waals surface area contributed by atoms with Gasteiger partial charge < -0.3 is 5.73 Å². The van der Waals surface area contributed by atoms with E-state index >= 15 is 0 Å². The number of nitrogens with two attached hydrogens (primary N) is 1. The van der Waals surface area contributed by atoms with E-state index < -0.39 is 0 Å². The quantitative estimate of drug-likeness (QED) is 0.552. The highest BCUT2D eigenvalue weighted by Gasteiger charge is 2.09. The molecule has 25 heavy (non-hydrogen) atoms. The van der Waals surface area contributed by atoms with Gasteiger partial charge in [-0.1, -0.05) is 30.3 Å². The van der Waals surface area contributed by atoms with Gasteiger partial charge in [-0.3, -0.25) is 4.98 Å². The first-order valence-electron chi connectivity index (χ1n) is 7.70. The smallest absolute Gasteiger partial charge is 0.187 e. The van der Waals surface area contributed by atoms with E-state index in [0.717, 1.165) is 27.6 Å². The van der Waals surface area contributed by atoms with E-state index in [9.17, 15) is 0 Å². The van der Waals surface area contributed by atoms with Crippen LogP contribution in [0.3, 0.4) is 0 Å². The summed E-state index contributed by atoms with van der Waals surface area (Å²) in [6.45, 7) is 7.03. The van der Waals surface area contributed by atoms with Crippen molar-refractivity contribution < 1.29 is 0 Å². The second kappa shape index (κ2) is 6.02. The minimum Gasteiger partial charge on any atom is -0.383 e. The first kappa shape index (κ1) is 14.8. The van der Waals surface area contributed by atoms with Gasteiger partial charge >= 0.3 is 0 Å². The minimum absolute atomic E-state index is 0.434. The molecule has 0 saturated carbocycles. The molecule has 2 aromatic heterocycles. The molecular weight excluding hydrogens is 310 g/mol. The molecule has 0 unspecified atom stereocenters. The van der Waals surface area contributed by atoms with Crippen molar-refractivity contribution in [2.75, 3.05) is 5.73 Å². The number of nitrogen functional groups attached to an aromatic ring is 1. The molecule has 2 N–H and O–H groups in total. The van der Waals surface area contributed by atoms with Crippen LogP contribution < -0.4 is 5.73 Å². The fourth-order valence-electron chi connectivity index (χ4n) is 2.68. The lowest BCUT2D eigenvalue weighted by Gasteiger charge is -2.08. The van der Waals surface area contributed by atoms with Crippen molar-refractivity contribution in [1.29, 1.82) is 0 Å². The molecule has 0 amide bonds. The van der Waals surface area contributed by atoms with Gasteiger partial charge in [-0.05, 0) is 35.4 Å². The second-order valence-electron chi connectivity index (χ2n) is 5.56. The molecule has 5 heteroatoms. The molecule has 0 aliphatic heterocycles. The molecule has 5 nitrogen and oxygen atoms in total. The Morgan fingerprint density at radius 1 is 0.880 bits per heavy atom. The molecule has 0 radical (unpaired) electrons. The van der Waals surface area contributed by atoms with E-state index in [1.807, 2.05) is 42.5 Å². The summed E-state index contributed by atoms with van der Waals surface area (Å²) in [7, 11) is 0. The molecule has 4 rings (SSSR count). The summed E-state index contributed by atoms with van der Waals surface area (Å²) < 4.78 is 0. The molecule has 0 atom stereocenters. The lowest BCUT2D eigenvalue weighted by Crippen LogP contribution is -1.98. The van der Waals surface area contributed by atoms with Crippen LogP contribution in [0.5, 0.6) is 0 Å². The monoisotopic (exact) mass is 323 g/mol. The Balaban J connectivity index is 1.81. The van der Waals surface area contributed by atoms with E-state index in [4.69, 9.17) is 12.3 Å². The van der Waals surface area contributed by atoms with Crippen molar-refractivity contribution in [2.24, 2.45) is 0 Å². The van der Waals surface area contributed by atoms with Gasteiger partial charge in [0.05, 0.1) is 12.1 Å². The summed E-state index contributed by atoms with van der Waals surface area (Å²) >= 11 is 0. The van der Waals surface area contributed by atoms with E-state index in [1.54, 1.807) is 24.5 Å². The van der Waals surface area contributed by atoms with Crippen LogP contribution in [0.4, 0.5) is 11.5 Å². The molecule has 0 aliphatic carbocycles. The van der Waals surface area contributed by atoms with Crippen molar-refractivity contribution in [2.45, 2.75) is 0 Å². The van der Waals surface area contributed by atoms with Crippen LogP contribution >= 0.6 is 0 Å². The predicted octanol–water partition coefficient (Wildman–Crippen LogP) is 4.49. The van der Waals surface area contributed by atoms with Crippen molar-refractivity contribution in [3.8, 4) is 22.5 Å². The fraction of sp³-hybridized carbons (Fsp3) is 0. The van der Waals surface area contributed by atoms with Gasteiger partial charge in [0.1, 0.15) is 5.82 Å². The average Bonchev–Trinajstić information content (AvgIpc) is 2.68. The molecule has 0 spiro atoms. The van der Waals surface area contributed by atoms with Crippen LogP contribution in [0.15, 0.2) is 67.0 Å². The number of fused-ring (bicyclic) bond motifs is 1. The molecule has 118 valence electrons. The zero-order chi connectivity index (χ0) is 17.2. The van der Waals surface area contributed by atoms with Crippen LogP contribution in [0.25, 0.3) is 38.3 Å². The largest absolute Gasteiger partial charge is 0.383 e. The molecule has 2 heterocycles. The third-order valence-corrected chi connectivity index (χ3v) is 3.97. The number of aromatic nitrogens is 3. The number of benzene rings is 2. The number of nitrogens with zero attached hydrogens (tertiary/aromatic N) is 4. The number of rotatable bonds is 2. The SMILES string of the molecule is [C-]#[N+]c1ccc(-c2ccc3nc(-c4cccnc4)nc(N)c3c2)cc1. The molecule has 0 bridgehead atoms. The highest BCUT2D eigenvalue weighted by molar-refractivity contribution is 5.93. The highest BCUT2D eigenvalue weighted by Crippen LogP contribution is 2.29. The van der Waals surface area contributed by atoms with Crippen LogP contribution in [0.1, 0.15) is 0 Å². The summed E-state index contributed by atoms with van der Waals surface area (Å²) in [5, 5.41) is 0.805. The maximum absolute atomic E-state index is 7.03. The van der Waals surface area contributed by atoms with E-state index in [1.165, 1.54) is 0 Å². The van der Waals surface area contributed by atoms with Gasteiger partial charge in [-0.25, -0.2) is 14.8 Å². The molecule has 2 aromatic carbocycles. The summed E-state index contributed by atoms with van der Waals surface area (Å²) in [6, 6.07) is 17.1. The van der Waals surface area contributed by atoms with Gasteiger partial charge in [0.2, 0.25) is 0 Å². The summed E-state index contributed by atoms with van der Waals surface area (Å²) in [4.78, 5) is 16.5. The predicted molar refractivity (Wildman–Crippen MR) is 98.9 cm³/mol. The Labute approximate surface area is 144 Å². The average molecular weight is 323 g/mol. The molecule has 4 aromatic rings. The molecule has 0 fully saturated rings. The summed E-state index contributed by atoms with van der Waals surface area (Å²) in [6.07, 6.45) is 3.42. The fourth-order valence-corrected chi connectivity index (χ4v) is 2.68. The Morgan fingerprint density at radius 3 is 2.40 bits per heavy atom. The molecular formula is C20H13N5. The summed E-state index contributed by atoms with van der Waals surface area (Å²) in [5.74, 6) is 0.996. The van der Waals surface area contributed by atoms with Gasteiger partial charge in [-0.15, -0.1) is 0 Å². The number of anilines is 1. The van der Waals surface area contributed by atoms with Gasteiger partial charge in [0.25, 0.3) is 0 Å². The lowest BCUT2D eigenvalue weighted by molar-refractivity contribution is 1.21. The molecule has 0 aliphatic rings. The maximum Gasteiger partial charge on any atom is 0.187 e. The Kier molecular flexibility index (Phi) is 3.56. The van der Waals surface area contributed by atoms with Crippen LogP contribution in [-0.4, -0.2) is 15.0 Å². The minimum atomic E-state index is 0.434. The van der Waals surface area contributed by atoms with Crippen molar-refractivity contribution in [3.63, 3.8) is 0 Å². The van der Waals surface area contributed by atoms with Gasteiger partial charge in [0, 0.05) is 23.3 Å². The van der Waals surface area contributed by atoms with Crippen molar-refractivity contribution in [3.05, 3.63) is 78.4 Å². The zero-order valence-corrected chi connectivity index (χ0v) is 13.2.